The minimum absolute atomic E-state index is 0.174. The van der Waals surface area contributed by atoms with Crippen molar-refractivity contribution in [3.05, 3.63) is 29.6 Å². The molecule has 2 aliphatic rings. The molecule has 0 radical (unpaired) electrons. The lowest BCUT2D eigenvalue weighted by Crippen LogP contribution is -2.67. The quantitative estimate of drug-likeness (QED) is 0.700. The average Bonchev–Trinajstić information content (AvgIpc) is 3.29. The van der Waals surface area contributed by atoms with Gasteiger partial charge in [0, 0.05) is 4.75 Å². The number of carbonyl (C=O) groups excluding carboxylic acids is 2. The lowest BCUT2D eigenvalue weighted by molar-refractivity contribution is -0.148. The first-order chi connectivity index (χ1) is 13.4. The number of thioether (sulfide) groups is 1. The molecule has 1 aromatic heterocycles. The third-order valence-electron chi connectivity index (χ3n) is 5.00. The van der Waals surface area contributed by atoms with Gasteiger partial charge >= 0.3 is 0 Å². The molecule has 2 saturated heterocycles. The summed E-state index contributed by atoms with van der Waals surface area (Å²) in [6.07, 6.45) is 0. The molecule has 148 valence electrons. The van der Waals surface area contributed by atoms with Gasteiger partial charge in [0.2, 0.25) is 5.91 Å². The van der Waals surface area contributed by atoms with Gasteiger partial charge in [-0.15, -0.1) is 16.9 Å². The monoisotopic (exact) mass is 404 g/mol. The molecule has 2 aromatic rings. The number of aromatic nitrogens is 4. The molecule has 1 aromatic carbocycles. The third kappa shape index (κ3) is 2.68. The number of β-lactam (4-membered cyclic amide) rings is 1. The standard InChI is InChI=1S/C17H20N6O4S/c1-17(2)12(13-19-21-22-20-13)23-15(25)11(16(23)28-17)18-14(24)10-8(26-3)6-5-7-9(10)27-4/h5-7,11-12,16H,1-4H3,(H,18,24)(H,19,20,21,22)/t11?,12?,16-/m1/s1. The number of ether oxygens (including phenoxy) is 2. The highest BCUT2D eigenvalue weighted by molar-refractivity contribution is 8.01. The zero-order valence-electron chi connectivity index (χ0n) is 15.8. The Balaban J connectivity index is 1.57. The highest BCUT2D eigenvalue weighted by Crippen LogP contribution is 2.56. The highest BCUT2D eigenvalue weighted by Gasteiger charge is 2.63. The predicted molar refractivity (Wildman–Crippen MR) is 100 cm³/mol. The molecule has 0 aliphatic carbocycles. The molecule has 0 bridgehead atoms. The van der Waals surface area contributed by atoms with Crippen molar-refractivity contribution in [2.75, 3.05) is 14.2 Å². The number of nitrogens with one attached hydrogen (secondary N) is 2. The molecule has 2 unspecified atom stereocenters. The first-order valence-corrected chi connectivity index (χ1v) is 9.52. The Labute approximate surface area is 165 Å². The van der Waals surface area contributed by atoms with E-state index in [0.29, 0.717) is 17.3 Å². The van der Waals surface area contributed by atoms with E-state index >= 15 is 0 Å². The number of fused-ring (bicyclic) bond motifs is 1. The summed E-state index contributed by atoms with van der Waals surface area (Å²) in [7, 11) is 2.96. The minimum Gasteiger partial charge on any atom is -0.496 e. The van der Waals surface area contributed by atoms with E-state index in [9.17, 15) is 9.59 Å². The Hall–Kier alpha value is -2.82. The van der Waals surface area contributed by atoms with Crippen molar-refractivity contribution in [3.8, 4) is 11.5 Å². The van der Waals surface area contributed by atoms with E-state index in [0.717, 1.165) is 0 Å². The van der Waals surface area contributed by atoms with Crippen LogP contribution in [0.5, 0.6) is 11.5 Å². The fraction of sp³-hybridized carbons (Fsp3) is 0.471. The van der Waals surface area contributed by atoms with Gasteiger partial charge < -0.3 is 19.7 Å². The molecule has 3 atom stereocenters. The van der Waals surface area contributed by atoms with Crippen LogP contribution in [-0.2, 0) is 4.79 Å². The molecule has 2 fully saturated rings. The molecule has 2 aliphatic heterocycles. The van der Waals surface area contributed by atoms with Crippen LogP contribution in [0.4, 0.5) is 0 Å². The van der Waals surface area contributed by atoms with Crippen molar-refractivity contribution in [3.63, 3.8) is 0 Å². The van der Waals surface area contributed by atoms with Crippen molar-refractivity contribution >= 4 is 23.6 Å². The number of methoxy groups -OCH3 is 2. The van der Waals surface area contributed by atoms with Crippen LogP contribution in [0.1, 0.15) is 36.1 Å². The van der Waals surface area contributed by atoms with Crippen LogP contribution in [0, 0.1) is 0 Å². The number of hydrogen-bond donors (Lipinski definition) is 2. The summed E-state index contributed by atoms with van der Waals surface area (Å²) in [6, 6.07) is 4.14. The van der Waals surface area contributed by atoms with Gasteiger partial charge in [0.1, 0.15) is 34.5 Å². The van der Waals surface area contributed by atoms with Gasteiger partial charge in [-0.2, -0.15) is 0 Å². The van der Waals surface area contributed by atoms with Crippen molar-refractivity contribution in [1.29, 1.82) is 0 Å². The Kier molecular flexibility index (Phi) is 4.41. The summed E-state index contributed by atoms with van der Waals surface area (Å²) >= 11 is 1.61. The normalized spacial score (nSPS) is 25.1. The fourth-order valence-corrected chi connectivity index (χ4v) is 5.40. The summed E-state index contributed by atoms with van der Waals surface area (Å²) in [4.78, 5) is 27.5. The smallest absolute Gasteiger partial charge is 0.259 e. The molecule has 0 saturated carbocycles. The summed E-state index contributed by atoms with van der Waals surface area (Å²) in [5.74, 6) is 0.697. The van der Waals surface area contributed by atoms with Crippen molar-refractivity contribution in [1.82, 2.24) is 30.8 Å². The Morgan fingerprint density at radius 1 is 1.29 bits per heavy atom. The summed E-state index contributed by atoms with van der Waals surface area (Å²) in [6.45, 7) is 4.05. The Bertz CT molecular complexity index is 896. The lowest BCUT2D eigenvalue weighted by Gasteiger charge is -2.44. The molecular formula is C17H20N6O4S. The highest BCUT2D eigenvalue weighted by atomic mass is 32.2. The lowest BCUT2D eigenvalue weighted by atomic mass is 9.95. The van der Waals surface area contributed by atoms with Crippen LogP contribution in [0.2, 0.25) is 0 Å². The van der Waals surface area contributed by atoms with Crippen LogP contribution in [-0.4, -0.2) is 67.7 Å². The van der Waals surface area contributed by atoms with Crippen molar-refractivity contribution < 1.29 is 19.1 Å². The van der Waals surface area contributed by atoms with Gasteiger partial charge in [-0.25, -0.2) is 5.10 Å². The van der Waals surface area contributed by atoms with Crippen LogP contribution >= 0.6 is 11.8 Å². The Morgan fingerprint density at radius 2 is 1.96 bits per heavy atom. The van der Waals surface area contributed by atoms with Gasteiger partial charge in [-0.05, 0) is 36.4 Å². The SMILES string of the molecule is COc1cccc(OC)c1C(=O)NC1C(=O)N2C(c3nnn[nH]3)C(C)(C)S[C@H]12. The average molecular weight is 404 g/mol. The molecule has 10 nitrogen and oxygen atoms in total. The zero-order chi connectivity index (χ0) is 20.1. The van der Waals surface area contributed by atoms with Gasteiger partial charge in [0.25, 0.3) is 5.91 Å². The number of H-pyrrole nitrogens is 1. The van der Waals surface area contributed by atoms with E-state index in [1.807, 2.05) is 13.8 Å². The van der Waals surface area contributed by atoms with Gasteiger partial charge in [0.15, 0.2) is 5.82 Å². The molecule has 2 N–H and O–H groups in total. The summed E-state index contributed by atoms with van der Waals surface area (Å²) < 4.78 is 10.3. The van der Waals surface area contributed by atoms with Gasteiger partial charge in [0.05, 0.1) is 14.2 Å². The maximum absolute atomic E-state index is 12.9. The maximum atomic E-state index is 12.9. The predicted octanol–water partition coefficient (Wildman–Crippen LogP) is 0.750. The Morgan fingerprint density at radius 3 is 2.54 bits per heavy atom. The fourth-order valence-electron chi connectivity index (χ4n) is 3.76. The number of nitrogens with zero attached hydrogens (tertiary/aromatic N) is 4. The topological polar surface area (TPSA) is 122 Å². The summed E-state index contributed by atoms with van der Waals surface area (Å²) in [5, 5.41) is 16.6. The van der Waals surface area contributed by atoms with E-state index in [4.69, 9.17) is 9.47 Å². The molecule has 2 amide bonds. The van der Waals surface area contributed by atoms with E-state index in [-0.39, 0.29) is 27.6 Å². The van der Waals surface area contributed by atoms with Crippen LogP contribution < -0.4 is 14.8 Å². The number of aromatic amines is 1. The van der Waals surface area contributed by atoms with Crippen LogP contribution in [0.15, 0.2) is 18.2 Å². The number of tetrazole rings is 1. The second-order valence-corrected chi connectivity index (χ2v) is 8.81. The zero-order valence-corrected chi connectivity index (χ0v) is 16.6. The van der Waals surface area contributed by atoms with Crippen LogP contribution in [0.3, 0.4) is 0 Å². The number of benzene rings is 1. The van der Waals surface area contributed by atoms with E-state index in [2.05, 4.69) is 25.9 Å². The number of amides is 2. The van der Waals surface area contributed by atoms with E-state index in [1.165, 1.54) is 14.2 Å². The molecule has 0 spiro atoms. The molecule has 3 heterocycles. The third-order valence-corrected chi connectivity index (χ3v) is 6.57. The molecule has 28 heavy (non-hydrogen) atoms. The first kappa shape index (κ1) is 18.5. The van der Waals surface area contributed by atoms with E-state index in [1.54, 1.807) is 34.9 Å². The number of hydrogen-bond acceptors (Lipinski definition) is 8. The van der Waals surface area contributed by atoms with Gasteiger partial charge in [-0.3, -0.25) is 9.59 Å². The first-order valence-electron chi connectivity index (χ1n) is 8.64. The second-order valence-electron chi connectivity index (χ2n) is 7.04. The van der Waals surface area contributed by atoms with Crippen molar-refractivity contribution in [2.45, 2.75) is 36.1 Å². The maximum Gasteiger partial charge on any atom is 0.259 e. The molecule has 11 heteroatoms. The van der Waals surface area contributed by atoms with E-state index < -0.39 is 11.9 Å². The van der Waals surface area contributed by atoms with Crippen LogP contribution in [0.25, 0.3) is 0 Å². The largest absolute Gasteiger partial charge is 0.496 e. The molecule has 4 rings (SSSR count). The van der Waals surface area contributed by atoms with Gasteiger partial charge in [-0.1, -0.05) is 6.07 Å². The van der Waals surface area contributed by atoms with Crippen molar-refractivity contribution in [2.24, 2.45) is 0 Å². The number of carbonyl (C=O) groups is 2. The molecular weight excluding hydrogens is 384 g/mol. The number of rotatable bonds is 5. The minimum atomic E-state index is -0.646. The second kappa shape index (κ2) is 6.66. The summed E-state index contributed by atoms with van der Waals surface area (Å²) in [5.41, 5.74) is 0.261.